The molecule has 0 saturated heterocycles. The second-order valence-corrected chi connectivity index (χ2v) is 1.70. The predicted octanol–water partition coefficient (Wildman–Crippen LogP) is 0.116. The van der Waals surface area contributed by atoms with Crippen LogP contribution in [0.3, 0.4) is 0 Å². The second-order valence-electron chi connectivity index (χ2n) is 1.70. The van der Waals surface area contributed by atoms with E-state index in [9.17, 15) is 0 Å². The van der Waals surface area contributed by atoms with Gasteiger partial charge in [0.15, 0.2) is 0 Å². The predicted molar refractivity (Wildman–Crippen MR) is 35.5 cm³/mol. The Labute approximate surface area is 48.0 Å². The molecule has 0 aliphatic carbocycles. The molecule has 1 nitrogen and oxygen atoms in total. The lowest BCUT2D eigenvalue weighted by atomic mass is 10.4. The van der Waals surface area contributed by atoms with Gasteiger partial charge in [0.1, 0.15) is 5.35 Å². The van der Waals surface area contributed by atoms with Crippen LogP contribution in [0.1, 0.15) is 0 Å². The SMILES string of the molecule is C=c1cc[cH+]c(=C)[nH]1. The number of nitrogens with one attached hydrogen (secondary N) is 1. The molecule has 1 aromatic rings. The van der Waals surface area contributed by atoms with E-state index in [-0.39, 0.29) is 0 Å². The zero-order chi connectivity index (χ0) is 5.98. The maximum Gasteiger partial charge on any atom is 0.143 e. The molecule has 0 spiro atoms. The summed E-state index contributed by atoms with van der Waals surface area (Å²) in [6, 6.07) is 5.71. The number of H-pyrrole nitrogens is 1. The fourth-order valence-electron chi connectivity index (χ4n) is 0.570. The lowest BCUT2D eigenvalue weighted by molar-refractivity contribution is 1.20. The van der Waals surface area contributed by atoms with Crippen LogP contribution in [-0.4, -0.2) is 4.98 Å². The van der Waals surface area contributed by atoms with E-state index in [1.165, 1.54) is 0 Å². The summed E-state index contributed by atoms with van der Waals surface area (Å²) < 4.78 is 0. The van der Waals surface area contributed by atoms with E-state index in [4.69, 9.17) is 0 Å². The minimum atomic E-state index is 0.900. The molecule has 0 aliphatic heterocycles. The number of hydrogen-bond donors (Lipinski definition) is 1. The van der Waals surface area contributed by atoms with E-state index in [1.807, 2.05) is 18.2 Å². The van der Waals surface area contributed by atoms with Crippen molar-refractivity contribution in [1.82, 2.24) is 4.98 Å². The summed E-state index contributed by atoms with van der Waals surface area (Å²) in [5.41, 5.74) is 0. The highest BCUT2D eigenvalue weighted by Gasteiger charge is 1.76. The van der Waals surface area contributed by atoms with Gasteiger partial charge in [0.2, 0.25) is 0 Å². The fraction of sp³-hybridized carbons (Fsp3) is 0. The van der Waals surface area contributed by atoms with Crippen LogP contribution in [0.25, 0.3) is 13.2 Å². The van der Waals surface area contributed by atoms with Gasteiger partial charge in [0.25, 0.3) is 0 Å². The summed E-state index contributed by atoms with van der Waals surface area (Å²) in [6.07, 6.45) is 0. The standard InChI is InChI=1S/C7H8N/c1-6-4-3-5-7(2)8-6/h3-5,8H,1-2H2/q+1. The van der Waals surface area contributed by atoms with Gasteiger partial charge in [-0.3, -0.25) is 0 Å². The maximum absolute atomic E-state index is 3.69. The molecule has 0 aliphatic rings. The fourth-order valence-corrected chi connectivity index (χ4v) is 0.570. The minimum absolute atomic E-state index is 0.900. The number of hydrogen-bond acceptors (Lipinski definition) is 0. The largest absolute Gasteiger partial charge is 0.323 e. The van der Waals surface area contributed by atoms with E-state index in [2.05, 4.69) is 18.1 Å². The first kappa shape index (κ1) is 5.04. The Morgan fingerprint density at radius 2 is 2.25 bits per heavy atom. The van der Waals surface area contributed by atoms with Crippen LogP contribution in [0.5, 0.6) is 0 Å². The lowest BCUT2D eigenvalue weighted by Gasteiger charge is -1.74. The molecular weight excluding hydrogens is 98.1 g/mol. The van der Waals surface area contributed by atoms with Gasteiger partial charge in [0, 0.05) is 12.6 Å². The van der Waals surface area contributed by atoms with Gasteiger partial charge in [-0.15, -0.1) is 0 Å². The Hall–Kier alpha value is -1.11. The first-order valence-corrected chi connectivity index (χ1v) is 2.45. The van der Waals surface area contributed by atoms with Crippen LogP contribution < -0.4 is 10.7 Å². The Morgan fingerprint density at radius 1 is 1.50 bits per heavy atom. The lowest BCUT2D eigenvalue weighted by Crippen LogP contribution is -2.14. The van der Waals surface area contributed by atoms with E-state index < -0.39 is 0 Å². The van der Waals surface area contributed by atoms with Crippen molar-refractivity contribution in [2.45, 2.75) is 0 Å². The second kappa shape index (κ2) is 1.78. The smallest absolute Gasteiger partial charge is 0.143 e. The van der Waals surface area contributed by atoms with Gasteiger partial charge >= 0.3 is 0 Å². The Morgan fingerprint density at radius 3 is 2.62 bits per heavy atom. The molecule has 1 heteroatoms. The summed E-state index contributed by atoms with van der Waals surface area (Å²) in [7, 11) is 0. The molecule has 0 bridgehead atoms. The number of aromatic amines is 1. The van der Waals surface area contributed by atoms with Gasteiger partial charge in [-0.25, -0.2) is 0 Å². The Balaban J connectivity index is 3.50. The summed E-state index contributed by atoms with van der Waals surface area (Å²) in [4.78, 5) is 2.95. The van der Waals surface area contributed by atoms with Gasteiger partial charge in [-0.2, -0.15) is 0 Å². The third-order valence-electron chi connectivity index (χ3n) is 0.916. The summed E-state index contributed by atoms with van der Waals surface area (Å²) >= 11 is 0. The minimum Gasteiger partial charge on any atom is -0.323 e. The highest BCUT2D eigenvalue weighted by atomic mass is 14.6. The average Bonchev–Trinajstić information content (AvgIpc) is 1.64. The monoisotopic (exact) mass is 106 g/mol. The molecule has 1 heterocycles. The molecule has 0 saturated carbocycles. The van der Waals surface area contributed by atoms with Gasteiger partial charge < -0.3 is 4.98 Å². The average molecular weight is 106 g/mol. The van der Waals surface area contributed by atoms with E-state index >= 15 is 0 Å². The number of aromatic nitrogens is 1. The van der Waals surface area contributed by atoms with E-state index in [1.54, 1.807) is 0 Å². The zero-order valence-electron chi connectivity index (χ0n) is 4.65. The van der Waals surface area contributed by atoms with E-state index in [0.29, 0.717) is 0 Å². The van der Waals surface area contributed by atoms with E-state index in [0.717, 1.165) is 10.7 Å². The van der Waals surface area contributed by atoms with Crippen molar-refractivity contribution < 1.29 is 0 Å². The molecule has 0 radical (unpaired) electrons. The van der Waals surface area contributed by atoms with Crippen LogP contribution in [-0.2, 0) is 0 Å². The molecular formula is C7H8N+. The van der Waals surface area contributed by atoms with Gasteiger partial charge in [-0.05, 0) is 0 Å². The molecule has 8 heavy (non-hydrogen) atoms. The quantitative estimate of drug-likeness (QED) is 0.452. The number of pyridine rings is 1. The highest BCUT2D eigenvalue weighted by molar-refractivity contribution is 5.04. The molecule has 0 unspecified atom stereocenters. The molecule has 1 aromatic heterocycles. The first-order chi connectivity index (χ1) is 3.79. The summed E-state index contributed by atoms with van der Waals surface area (Å²) in [6.45, 7) is 7.37. The van der Waals surface area contributed by atoms with Crippen molar-refractivity contribution >= 4 is 13.2 Å². The maximum atomic E-state index is 3.69. The molecule has 1 rings (SSSR count). The van der Waals surface area contributed by atoms with Crippen molar-refractivity contribution in [3.63, 3.8) is 0 Å². The molecule has 0 atom stereocenters. The highest BCUT2D eigenvalue weighted by Crippen LogP contribution is 1.59. The van der Waals surface area contributed by atoms with Crippen molar-refractivity contribution in [3.8, 4) is 0 Å². The normalized spacial score (nSPS) is 9.00. The third-order valence-corrected chi connectivity index (χ3v) is 0.916. The van der Waals surface area contributed by atoms with Crippen LogP contribution >= 0.6 is 0 Å². The van der Waals surface area contributed by atoms with Crippen LogP contribution in [0.15, 0.2) is 18.2 Å². The Kier molecular flexibility index (Phi) is 1.12. The Bertz CT molecular complexity index is 239. The zero-order valence-corrected chi connectivity index (χ0v) is 4.65. The molecule has 0 fully saturated rings. The first-order valence-electron chi connectivity index (χ1n) is 2.45. The van der Waals surface area contributed by atoms with Gasteiger partial charge in [0.05, 0.1) is 17.5 Å². The summed E-state index contributed by atoms with van der Waals surface area (Å²) in [5.74, 6) is 0. The van der Waals surface area contributed by atoms with Crippen molar-refractivity contribution in [3.05, 3.63) is 28.9 Å². The molecule has 0 aromatic carbocycles. The van der Waals surface area contributed by atoms with Crippen LogP contribution in [0.4, 0.5) is 0 Å². The van der Waals surface area contributed by atoms with Crippen LogP contribution in [0, 0.1) is 0 Å². The molecule has 0 amide bonds. The van der Waals surface area contributed by atoms with Crippen LogP contribution in [0.2, 0.25) is 0 Å². The van der Waals surface area contributed by atoms with Crippen molar-refractivity contribution in [1.29, 1.82) is 0 Å². The molecule has 40 valence electrons. The van der Waals surface area contributed by atoms with Gasteiger partial charge in [-0.1, -0.05) is 6.58 Å². The third kappa shape index (κ3) is 0.936. The van der Waals surface area contributed by atoms with Crippen molar-refractivity contribution in [2.75, 3.05) is 0 Å². The molecule has 1 N–H and O–H groups in total. The van der Waals surface area contributed by atoms with Crippen molar-refractivity contribution in [2.24, 2.45) is 0 Å². The topological polar surface area (TPSA) is 15.8 Å². The summed E-state index contributed by atoms with van der Waals surface area (Å²) in [5, 5.41) is 1.80. The number of rotatable bonds is 0.